The van der Waals surface area contributed by atoms with E-state index in [0.29, 0.717) is 19.0 Å². The summed E-state index contributed by atoms with van der Waals surface area (Å²) in [5.74, 6) is -0.702. The smallest absolute Gasteiger partial charge is 0.341 e. The molecule has 1 heterocycles. The molecule has 17 heavy (non-hydrogen) atoms. The second-order valence-electron chi connectivity index (χ2n) is 3.08. The molecule has 2 rings (SSSR count). The highest BCUT2D eigenvalue weighted by molar-refractivity contribution is 6.01. The number of hydrogen-bond acceptors (Lipinski definition) is 5. The topological polar surface area (TPSA) is 108 Å². The number of ether oxygens (including phenoxy) is 2. The van der Waals surface area contributed by atoms with E-state index in [0.717, 1.165) is 0 Å². The minimum absolute atomic E-state index is 0. The Labute approximate surface area is 110 Å². The molecule has 96 valence electrons. The van der Waals surface area contributed by atoms with E-state index in [1.54, 1.807) is 0 Å². The molecular weight excluding hydrogens is 271 g/mol. The zero-order valence-corrected chi connectivity index (χ0v) is 10.3. The number of carboxylic acids is 1. The third-order valence-corrected chi connectivity index (χ3v) is 2.12. The van der Waals surface area contributed by atoms with E-state index >= 15 is 0 Å². The number of fused-ring (bicyclic) bond motifs is 1. The van der Waals surface area contributed by atoms with Crippen LogP contribution in [0.15, 0.2) is 6.07 Å². The number of aromatic carboxylic acids is 1. The molecule has 1 aromatic carbocycles. The van der Waals surface area contributed by atoms with Crippen LogP contribution >= 0.6 is 24.8 Å². The van der Waals surface area contributed by atoms with Crippen molar-refractivity contribution in [3.8, 4) is 11.5 Å². The van der Waals surface area contributed by atoms with E-state index in [-0.39, 0.29) is 47.5 Å². The third kappa shape index (κ3) is 2.59. The fourth-order valence-corrected chi connectivity index (χ4v) is 1.43. The van der Waals surface area contributed by atoms with Gasteiger partial charge < -0.3 is 26.0 Å². The molecule has 5 N–H and O–H groups in total. The van der Waals surface area contributed by atoms with Crippen molar-refractivity contribution in [2.24, 2.45) is 0 Å². The number of nitrogens with two attached hydrogens (primary N) is 2. The van der Waals surface area contributed by atoms with Crippen LogP contribution in [0.3, 0.4) is 0 Å². The van der Waals surface area contributed by atoms with Crippen LogP contribution in [-0.2, 0) is 0 Å². The first-order chi connectivity index (χ1) is 7.11. The van der Waals surface area contributed by atoms with Gasteiger partial charge in [-0.1, -0.05) is 0 Å². The fraction of sp³-hybridized carbons (Fsp3) is 0.222. The molecule has 0 fully saturated rings. The van der Waals surface area contributed by atoms with Crippen LogP contribution in [0.1, 0.15) is 10.4 Å². The Morgan fingerprint density at radius 1 is 1.24 bits per heavy atom. The molecule has 0 unspecified atom stereocenters. The van der Waals surface area contributed by atoms with Gasteiger partial charge in [-0.2, -0.15) is 0 Å². The minimum Gasteiger partial charge on any atom is -0.486 e. The van der Waals surface area contributed by atoms with Crippen molar-refractivity contribution in [3.05, 3.63) is 11.6 Å². The number of anilines is 2. The van der Waals surface area contributed by atoms with E-state index in [2.05, 4.69) is 0 Å². The molecule has 0 bridgehead atoms. The number of rotatable bonds is 1. The maximum Gasteiger partial charge on any atom is 0.341 e. The molecule has 0 spiro atoms. The maximum absolute atomic E-state index is 11.0. The van der Waals surface area contributed by atoms with Crippen LogP contribution in [-0.4, -0.2) is 24.3 Å². The average molecular weight is 283 g/mol. The Balaban J connectivity index is 0.00000128. The van der Waals surface area contributed by atoms with Gasteiger partial charge in [0.2, 0.25) is 0 Å². The standard InChI is InChI=1S/C9H10N2O4.2ClH/c10-4-3-5-8(15-2-1-14-5)6(7(4)11)9(12)13;;/h3H,1-2,10-11H2,(H,12,13);2*1H. The second-order valence-corrected chi connectivity index (χ2v) is 3.08. The molecule has 8 heteroatoms. The molecule has 0 aromatic heterocycles. The molecule has 6 nitrogen and oxygen atoms in total. The van der Waals surface area contributed by atoms with Crippen molar-refractivity contribution in [1.29, 1.82) is 0 Å². The number of carbonyl (C=O) groups is 1. The van der Waals surface area contributed by atoms with Gasteiger partial charge in [0.05, 0.1) is 11.4 Å². The van der Waals surface area contributed by atoms with E-state index in [9.17, 15) is 4.79 Å². The third-order valence-electron chi connectivity index (χ3n) is 2.12. The van der Waals surface area contributed by atoms with Gasteiger partial charge in [0.15, 0.2) is 11.5 Å². The van der Waals surface area contributed by atoms with Crippen LogP contribution in [0.4, 0.5) is 11.4 Å². The summed E-state index contributed by atoms with van der Waals surface area (Å²) < 4.78 is 10.4. The van der Waals surface area contributed by atoms with E-state index < -0.39 is 5.97 Å². The fourth-order valence-electron chi connectivity index (χ4n) is 1.43. The number of carboxylic acid groups (broad SMARTS) is 1. The maximum atomic E-state index is 11.0. The largest absolute Gasteiger partial charge is 0.486 e. The van der Waals surface area contributed by atoms with Crippen LogP contribution in [0.5, 0.6) is 11.5 Å². The lowest BCUT2D eigenvalue weighted by Gasteiger charge is -2.21. The number of nitrogen functional groups attached to an aromatic ring is 2. The molecule has 0 aliphatic carbocycles. The first-order valence-corrected chi connectivity index (χ1v) is 4.32. The Morgan fingerprint density at radius 3 is 2.41 bits per heavy atom. The molecule has 0 radical (unpaired) electrons. The van der Waals surface area contributed by atoms with Crippen LogP contribution in [0, 0.1) is 0 Å². The van der Waals surface area contributed by atoms with E-state index in [4.69, 9.17) is 26.0 Å². The first kappa shape index (κ1) is 15.5. The van der Waals surface area contributed by atoms with Crippen molar-refractivity contribution >= 4 is 42.2 Å². The quantitative estimate of drug-likeness (QED) is 0.667. The van der Waals surface area contributed by atoms with Crippen molar-refractivity contribution in [3.63, 3.8) is 0 Å². The number of benzene rings is 1. The number of halogens is 2. The van der Waals surface area contributed by atoms with Gasteiger partial charge in [0.25, 0.3) is 0 Å². The van der Waals surface area contributed by atoms with E-state index in [1.165, 1.54) is 6.07 Å². The number of hydrogen-bond donors (Lipinski definition) is 3. The Bertz CT molecular complexity index is 439. The summed E-state index contributed by atoms with van der Waals surface area (Å²) in [6.07, 6.45) is 0. The summed E-state index contributed by atoms with van der Waals surface area (Å²) in [5, 5.41) is 8.97. The lowest BCUT2D eigenvalue weighted by Crippen LogP contribution is -2.19. The SMILES string of the molecule is Cl.Cl.Nc1cc2c(c(C(=O)O)c1N)OCCO2. The van der Waals surface area contributed by atoms with Crippen molar-refractivity contribution in [1.82, 2.24) is 0 Å². The first-order valence-electron chi connectivity index (χ1n) is 4.32. The van der Waals surface area contributed by atoms with Gasteiger partial charge in [0, 0.05) is 6.07 Å². The summed E-state index contributed by atoms with van der Waals surface area (Å²) in [6, 6.07) is 1.47. The molecule has 0 saturated carbocycles. The summed E-state index contributed by atoms with van der Waals surface area (Å²) in [6.45, 7) is 0.673. The van der Waals surface area contributed by atoms with Crippen molar-refractivity contribution < 1.29 is 19.4 Å². The predicted molar refractivity (Wildman–Crippen MR) is 67.7 cm³/mol. The predicted octanol–water partition coefficient (Wildman–Crippen LogP) is 1.16. The highest BCUT2D eigenvalue weighted by Gasteiger charge is 2.25. The highest BCUT2D eigenvalue weighted by Crippen LogP contribution is 2.40. The minimum atomic E-state index is -1.18. The molecule has 0 amide bonds. The molecule has 0 atom stereocenters. The average Bonchev–Trinajstić information content (AvgIpc) is 2.19. The Hall–Kier alpha value is -1.53. The van der Waals surface area contributed by atoms with Gasteiger partial charge in [-0.25, -0.2) is 4.79 Å². The Kier molecular flexibility index (Phi) is 5.18. The lowest BCUT2D eigenvalue weighted by atomic mass is 10.1. The van der Waals surface area contributed by atoms with Gasteiger partial charge in [0.1, 0.15) is 18.8 Å². The summed E-state index contributed by atoms with van der Waals surface area (Å²) >= 11 is 0. The molecule has 1 aliphatic heterocycles. The van der Waals surface area contributed by atoms with Crippen LogP contribution in [0.2, 0.25) is 0 Å². The van der Waals surface area contributed by atoms with Crippen molar-refractivity contribution in [2.75, 3.05) is 24.7 Å². The molecular formula is C9H12Cl2N2O4. The summed E-state index contributed by atoms with van der Waals surface area (Å²) in [5.41, 5.74) is 11.2. The molecule has 1 aliphatic rings. The summed E-state index contributed by atoms with van der Waals surface area (Å²) in [7, 11) is 0. The Morgan fingerprint density at radius 2 is 1.82 bits per heavy atom. The second kappa shape index (κ2) is 5.70. The van der Waals surface area contributed by atoms with Gasteiger partial charge in [-0.3, -0.25) is 0 Å². The van der Waals surface area contributed by atoms with Gasteiger partial charge in [-0.05, 0) is 0 Å². The molecule has 1 aromatic rings. The zero-order valence-electron chi connectivity index (χ0n) is 8.63. The lowest BCUT2D eigenvalue weighted by molar-refractivity contribution is 0.0687. The van der Waals surface area contributed by atoms with Crippen LogP contribution < -0.4 is 20.9 Å². The van der Waals surface area contributed by atoms with Gasteiger partial charge in [-0.15, -0.1) is 24.8 Å². The summed E-state index contributed by atoms with van der Waals surface area (Å²) in [4.78, 5) is 11.0. The van der Waals surface area contributed by atoms with Gasteiger partial charge >= 0.3 is 5.97 Å². The van der Waals surface area contributed by atoms with E-state index in [1.807, 2.05) is 0 Å². The van der Waals surface area contributed by atoms with Crippen molar-refractivity contribution in [2.45, 2.75) is 0 Å². The monoisotopic (exact) mass is 282 g/mol. The zero-order chi connectivity index (χ0) is 11.0. The highest BCUT2D eigenvalue weighted by atomic mass is 35.5. The normalized spacial score (nSPS) is 12.0. The molecule has 0 saturated heterocycles. The van der Waals surface area contributed by atoms with Crippen LogP contribution in [0.25, 0.3) is 0 Å².